The van der Waals surface area contributed by atoms with Crippen molar-refractivity contribution in [2.75, 3.05) is 11.9 Å². The topological polar surface area (TPSA) is 24.9 Å². The summed E-state index contributed by atoms with van der Waals surface area (Å²) < 4.78 is 1.05. The maximum Gasteiger partial charge on any atom is 0.140 e. The zero-order valence-electron chi connectivity index (χ0n) is 7.46. The average molecular weight is 241 g/mol. The van der Waals surface area contributed by atoms with Gasteiger partial charge in [0, 0.05) is 12.7 Å². The summed E-state index contributed by atoms with van der Waals surface area (Å²) in [5.74, 6) is 1.84. The van der Waals surface area contributed by atoms with Crippen LogP contribution < -0.4 is 5.32 Å². The van der Waals surface area contributed by atoms with Crippen LogP contribution in [-0.4, -0.2) is 11.5 Å². The van der Waals surface area contributed by atoms with Crippen LogP contribution in [0.25, 0.3) is 0 Å². The first-order valence-corrected chi connectivity index (χ1v) is 5.50. The molecule has 1 heterocycles. The van der Waals surface area contributed by atoms with Gasteiger partial charge < -0.3 is 5.32 Å². The summed E-state index contributed by atoms with van der Waals surface area (Å²) in [6, 6.07) is 3.94. The van der Waals surface area contributed by atoms with Crippen LogP contribution in [-0.2, 0) is 0 Å². The minimum Gasteiger partial charge on any atom is -0.369 e. The number of pyridine rings is 1. The van der Waals surface area contributed by atoms with Crippen LogP contribution >= 0.6 is 15.9 Å². The SMILES string of the molecule is Brc1cccnc1NCC1CCC1. The Bertz CT molecular complexity index is 284. The summed E-state index contributed by atoms with van der Waals surface area (Å²) in [4.78, 5) is 4.25. The monoisotopic (exact) mass is 240 g/mol. The third-order valence-electron chi connectivity index (χ3n) is 2.54. The first-order valence-electron chi connectivity index (χ1n) is 4.70. The van der Waals surface area contributed by atoms with Crippen molar-refractivity contribution < 1.29 is 0 Å². The van der Waals surface area contributed by atoms with E-state index < -0.39 is 0 Å². The molecule has 0 atom stereocenters. The van der Waals surface area contributed by atoms with Crippen LogP contribution in [0.15, 0.2) is 22.8 Å². The molecule has 0 unspecified atom stereocenters. The van der Waals surface area contributed by atoms with Gasteiger partial charge >= 0.3 is 0 Å². The normalized spacial score (nSPS) is 16.7. The fourth-order valence-electron chi connectivity index (χ4n) is 1.45. The molecule has 0 amide bonds. The van der Waals surface area contributed by atoms with E-state index in [0.29, 0.717) is 0 Å². The molecular formula is C10H13BrN2. The number of halogens is 1. The molecule has 0 bridgehead atoms. The van der Waals surface area contributed by atoms with Gasteiger partial charge in [-0.25, -0.2) is 4.98 Å². The van der Waals surface area contributed by atoms with Crippen LogP contribution in [0, 0.1) is 5.92 Å². The highest BCUT2D eigenvalue weighted by molar-refractivity contribution is 9.10. The molecule has 70 valence electrons. The standard InChI is InChI=1S/C10H13BrN2/c11-9-5-2-6-12-10(9)13-7-8-3-1-4-8/h2,5-6,8H,1,3-4,7H2,(H,12,13). The van der Waals surface area contributed by atoms with E-state index in [1.54, 1.807) is 0 Å². The van der Waals surface area contributed by atoms with E-state index >= 15 is 0 Å². The van der Waals surface area contributed by atoms with Gasteiger partial charge in [0.25, 0.3) is 0 Å². The van der Waals surface area contributed by atoms with Crippen LogP contribution in [0.2, 0.25) is 0 Å². The summed E-state index contributed by atoms with van der Waals surface area (Å²) in [6.07, 6.45) is 5.96. The molecule has 2 rings (SSSR count). The highest BCUT2D eigenvalue weighted by atomic mass is 79.9. The van der Waals surface area contributed by atoms with Gasteiger partial charge in [0.2, 0.25) is 0 Å². The largest absolute Gasteiger partial charge is 0.369 e. The van der Waals surface area contributed by atoms with Crippen LogP contribution in [0.4, 0.5) is 5.82 Å². The predicted octanol–water partition coefficient (Wildman–Crippen LogP) is 3.06. The molecule has 1 N–H and O–H groups in total. The molecule has 1 aliphatic carbocycles. The Morgan fingerprint density at radius 1 is 1.54 bits per heavy atom. The highest BCUT2D eigenvalue weighted by Gasteiger charge is 2.17. The molecular weight excluding hydrogens is 228 g/mol. The second-order valence-electron chi connectivity index (χ2n) is 3.51. The van der Waals surface area contributed by atoms with E-state index in [2.05, 4.69) is 26.2 Å². The molecule has 0 aliphatic heterocycles. The molecule has 0 radical (unpaired) electrons. The lowest BCUT2D eigenvalue weighted by Gasteiger charge is -2.25. The number of rotatable bonds is 3. The Morgan fingerprint density at radius 3 is 3.00 bits per heavy atom. The van der Waals surface area contributed by atoms with Gasteiger partial charge in [0.05, 0.1) is 4.47 Å². The third-order valence-corrected chi connectivity index (χ3v) is 3.18. The molecule has 1 fully saturated rings. The maximum absolute atomic E-state index is 4.25. The molecule has 1 aliphatic rings. The number of nitrogens with zero attached hydrogens (tertiary/aromatic N) is 1. The molecule has 0 spiro atoms. The highest BCUT2D eigenvalue weighted by Crippen LogP contribution is 2.27. The zero-order valence-corrected chi connectivity index (χ0v) is 9.05. The van der Waals surface area contributed by atoms with Crippen molar-refractivity contribution in [3.8, 4) is 0 Å². The van der Waals surface area contributed by atoms with E-state index in [1.165, 1.54) is 19.3 Å². The van der Waals surface area contributed by atoms with E-state index in [1.807, 2.05) is 18.3 Å². The minimum atomic E-state index is 0.869. The maximum atomic E-state index is 4.25. The van der Waals surface area contributed by atoms with Crippen LogP contribution in [0.5, 0.6) is 0 Å². The third kappa shape index (κ3) is 2.21. The first kappa shape index (κ1) is 9.00. The number of anilines is 1. The number of nitrogens with one attached hydrogen (secondary N) is 1. The van der Waals surface area contributed by atoms with Crippen molar-refractivity contribution in [2.24, 2.45) is 5.92 Å². The summed E-state index contributed by atoms with van der Waals surface area (Å²) in [5.41, 5.74) is 0. The molecule has 13 heavy (non-hydrogen) atoms. The second kappa shape index (κ2) is 4.09. The van der Waals surface area contributed by atoms with Crippen molar-refractivity contribution in [3.05, 3.63) is 22.8 Å². The van der Waals surface area contributed by atoms with Crippen LogP contribution in [0.1, 0.15) is 19.3 Å². The van der Waals surface area contributed by atoms with E-state index in [9.17, 15) is 0 Å². The second-order valence-corrected chi connectivity index (χ2v) is 4.37. The van der Waals surface area contributed by atoms with Gasteiger partial charge in [-0.2, -0.15) is 0 Å². The minimum absolute atomic E-state index is 0.869. The van der Waals surface area contributed by atoms with Gasteiger partial charge in [0.1, 0.15) is 5.82 Å². The van der Waals surface area contributed by atoms with Crippen LogP contribution in [0.3, 0.4) is 0 Å². The van der Waals surface area contributed by atoms with E-state index in [-0.39, 0.29) is 0 Å². The molecule has 0 aromatic carbocycles. The summed E-state index contributed by atoms with van der Waals surface area (Å²) in [6.45, 7) is 1.07. The number of aromatic nitrogens is 1. The smallest absolute Gasteiger partial charge is 0.140 e. The van der Waals surface area contributed by atoms with E-state index in [0.717, 1.165) is 22.8 Å². The fourth-order valence-corrected chi connectivity index (χ4v) is 1.85. The Morgan fingerprint density at radius 2 is 2.38 bits per heavy atom. The van der Waals surface area contributed by atoms with Crippen molar-refractivity contribution >= 4 is 21.7 Å². The van der Waals surface area contributed by atoms with E-state index in [4.69, 9.17) is 0 Å². The molecule has 1 aromatic rings. The molecule has 1 aromatic heterocycles. The number of hydrogen-bond acceptors (Lipinski definition) is 2. The van der Waals surface area contributed by atoms with Crippen molar-refractivity contribution in [2.45, 2.75) is 19.3 Å². The Labute approximate surface area is 86.9 Å². The van der Waals surface area contributed by atoms with Crippen molar-refractivity contribution in [1.29, 1.82) is 0 Å². The number of hydrogen-bond donors (Lipinski definition) is 1. The Balaban J connectivity index is 1.89. The van der Waals surface area contributed by atoms with Gasteiger partial charge in [-0.3, -0.25) is 0 Å². The zero-order chi connectivity index (χ0) is 9.10. The Kier molecular flexibility index (Phi) is 2.83. The average Bonchev–Trinajstić information content (AvgIpc) is 2.05. The van der Waals surface area contributed by atoms with Crippen molar-refractivity contribution in [3.63, 3.8) is 0 Å². The summed E-state index contributed by atoms with van der Waals surface area (Å²) in [5, 5.41) is 3.36. The lowest BCUT2D eigenvalue weighted by molar-refractivity contribution is 0.333. The van der Waals surface area contributed by atoms with Gasteiger partial charge in [-0.15, -0.1) is 0 Å². The van der Waals surface area contributed by atoms with Gasteiger partial charge in [0.15, 0.2) is 0 Å². The lowest BCUT2D eigenvalue weighted by Crippen LogP contribution is -2.21. The van der Waals surface area contributed by atoms with Gasteiger partial charge in [-0.05, 0) is 46.8 Å². The molecule has 2 nitrogen and oxygen atoms in total. The quantitative estimate of drug-likeness (QED) is 0.879. The molecule has 0 saturated heterocycles. The summed E-state index contributed by atoms with van der Waals surface area (Å²) in [7, 11) is 0. The lowest BCUT2D eigenvalue weighted by atomic mass is 9.85. The predicted molar refractivity (Wildman–Crippen MR) is 57.8 cm³/mol. The fraction of sp³-hybridized carbons (Fsp3) is 0.500. The molecule has 3 heteroatoms. The first-order chi connectivity index (χ1) is 6.36. The summed E-state index contributed by atoms with van der Waals surface area (Å²) >= 11 is 3.46. The van der Waals surface area contributed by atoms with Crippen molar-refractivity contribution in [1.82, 2.24) is 4.98 Å². The Hall–Kier alpha value is -0.570. The molecule has 1 saturated carbocycles. The van der Waals surface area contributed by atoms with Gasteiger partial charge in [-0.1, -0.05) is 6.42 Å².